The Labute approximate surface area is 489 Å². The average molecular weight is 1170 g/mol. The summed E-state index contributed by atoms with van der Waals surface area (Å²) in [5, 5.41) is 64.7. The number of benzene rings is 3. The van der Waals surface area contributed by atoms with Crippen molar-refractivity contribution >= 4 is 35.1 Å². The van der Waals surface area contributed by atoms with E-state index >= 15 is 0 Å². The van der Waals surface area contributed by atoms with Gasteiger partial charge in [-0.1, -0.05) is 27.7 Å². The summed E-state index contributed by atoms with van der Waals surface area (Å²) in [6.45, 7) is 19.3. The molecule has 17 nitrogen and oxygen atoms in total. The molecule has 1 unspecified atom stereocenters. The van der Waals surface area contributed by atoms with Crippen molar-refractivity contribution in [1.29, 1.82) is 0 Å². The van der Waals surface area contributed by atoms with Crippen LogP contribution in [0.25, 0.3) is 0 Å². The van der Waals surface area contributed by atoms with Gasteiger partial charge in [0.2, 0.25) is 0 Å². The number of cyclic esters (lactones) is 1. The monoisotopic (exact) mass is 1170 g/mol. The fourth-order valence-corrected chi connectivity index (χ4v) is 18.2. The number of hydrogen-bond donors (Lipinski definition) is 5. The summed E-state index contributed by atoms with van der Waals surface area (Å²) < 4.78 is 50.1. The molecule has 3 aromatic carbocycles. The zero-order chi connectivity index (χ0) is 60.2. The molecule has 3 saturated heterocycles. The third-order valence-electron chi connectivity index (χ3n) is 18.2. The molecule has 0 aromatic heterocycles. The first-order chi connectivity index (χ1) is 38.8. The topological polar surface area (TPSA) is 216 Å². The van der Waals surface area contributed by atoms with E-state index in [1.54, 1.807) is 41.5 Å². The summed E-state index contributed by atoms with van der Waals surface area (Å²) in [4.78, 5) is 32.7. The van der Waals surface area contributed by atoms with Crippen LogP contribution in [0.4, 0.5) is 0 Å². The molecular weight excluding hydrogens is 1070 g/mol. The maximum absolute atomic E-state index is 14.8. The van der Waals surface area contributed by atoms with E-state index in [0.717, 1.165) is 6.16 Å². The number of rotatable bonds is 21. The molecule has 1 amide bonds. The van der Waals surface area contributed by atoms with Crippen molar-refractivity contribution in [3.8, 4) is 0 Å². The molecule has 5 N–H and O–H groups in total. The van der Waals surface area contributed by atoms with E-state index in [1.807, 2.05) is 39.8 Å². The zero-order valence-corrected chi connectivity index (χ0v) is 52.2. The second-order valence-corrected chi connectivity index (χ2v) is 28.7. The van der Waals surface area contributed by atoms with E-state index in [1.165, 1.54) is 34.8 Å². The zero-order valence-electron chi connectivity index (χ0n) is 51.2. The van der Waals surface area contributed by atoms with Crippen LogP contribution in [0.2, 0.25) is 0 Å². The molecule has 18 atom stereocenters. The van der Waals surface area contributed by atoms with Gasteiger partial charge in [0.1, 0.15) is 30.0 Å². The summed E-state index contributed by atoms with van der Waals surface area (Å²) in [5.74, 6) is -4.00. The minimum atomic E-state index is -2.43. The smallest absolute Gasteiger partial charge is 0.126 e. The van der Waals surface area contributed by atoms with Crippen molar-refractivity contribution in [2.24, 2.45) is 23.7 Å². The van der Waals surface area contributed by atoms with Gasteiger partial charge >= 0.3 is 192 Å². The van der Waals surface area contributed by atoms with Gasteiger partial charge < -0.3 is 59.0 Å². The Hall–Kier alpha value is -3.49. The molecule has 3 fully saturated rings. The number of ether oxygens (including phenoxy) is 8. The number of nitrogens with zero attached hydrogens (tertiary/aromatic N) is 2. The third-order valence-corrected chi connectivity index (χ3v) is 23.1. The number of esters is 1. The molecule has 0 aliphatic carbocycles. The van der Waals surface area contributed by atoms with Crippen LogP contribution < -0.4 is 15.9 Å². The summed E-state index contributed by atoms with van der Waals surface area (Å²) in [6, 6.07) is 30.9. The summed E-state index contributed by atoms with van der Waals surface area (Å²) in [7, 11) is 2.84. The van der Waals surface area contributed by atoms with Crippen LogP contribution in [0, 0.1) is 23.7 Å². The van der Waals surface area contributed by atoms with Crippen molar-refractivity contribution in [1.82, 2.24) is 9.80 Å². The van der Waals surface area contributed by atoms with Gasteiger partial charge in [0, 0.05) is 32.0 Å². The third kappa shape index (κ3) is 16.1. The van der Waals surface area contributed by atoms with E-state index in [9.17, 15) is 35.1 Å². The Bertz CT molecular complexity index is 2290. The fraction of sp³-hybridized carbons (Fsp3) is 0.688. The van der Waals surface area contributed by atoms with Crippen LogP contribution in [0.1, 0.15) is 101 Å². The Morgan fingerprint density at radius 2 is 1.27 bits per heavy atom. The standard InChI is InChI=1S/C64H101N2O15P/c1-14-53-64(10,73)57(69)46(6)66(54(67)30-31-75-32-33-76-34-35-77-36-37-82(48-24-18-15-19-25-48,49-26-20-16-21-27-49)50-28-22-17-23-29-50)41-42(2)39-62(8,72)59(81-61-56(68)51(65(11)12)38-43(3)78-61)44(4)55(45(5)60(71)80-53)52-40-63(9,74-13)58(70)47(7)79-52/h15-29,42-47,51-53,55-59,61,68-70,72-73,82H,14,30-41H2,1-13H3/t42-,43-,44+,45-,46-,47+,51+,52?,53-,55+,56-,57-,58+,59-,61+,62-,63-,64-/m1/s1. The fourth-order valence-electron chi connectivity index (χ4n) is 13.6. The normalized spacial score (nSPS) is 35.8. The van der Waals surface area contributed by atoms with Gasteiger partial charge in [0.15, 0.2) is 6.29 Å². The molecule has 3 aromatic rings. The quantitative estimate of drug-likeness (QED) is 0.0524. The molecular formula is C64H101N2O15P. The van der Waals surface area contributed by atoms with Gasteiger partial charge in [-0.3, -0.25) is 9.59 Å². The molecule has 0 spiro atoms. The number of aliphatic hydroxyl groups excluding tert-OH is 3. The largest absolute Gasteiger partial charge is 0.388 e. The summed E-state index contributed by atoms with van der Waals surface area (Å²) in [5.41, 5.74) is -4.84. The van der Waals surface area contributed by atoms with Gasteiger partial charge in [0.25, 0.3) is 0 Å². The maximum Gasteiger partial charge on any atom is 0.126 e. The van der Waals surface area contributed by atoms with Gasteiger partial charge in [0.05, 0.1) is 47.6 Å². The predicted octanol–water partition coefficient (Wildman–Crippen LogP) is 5.24. The van der Waals surface area contributed by atoms with Gasteiger partial charge in [-0.2, -0.15) is 0 Å². The van der Waals surface area contributed by atoms with Crippen LogP contribution in [0.3, 0.4) is 0 Å². The van der Waals surface area contributed by atoms with E-state index in [4.69, 9.17) is 37.9 Å². The number of carbonyl (C=O) groups is 2. The van der Waals surface area contributed by atoms with Crippen molar-refractivity contribution in [3.63, 3.8) is 0 Å². The molecule has 0 radical (unpaired) electrons. The number of carbonyl (C=O) groups excluding carboxylic acids is 2. The van der Waals surface area contributed by atoms with Gasteiger partial charge in [-0.15, -0.1) is 0 Å². The Kier molecular flexibility index (Phi) is 24.9. The number of amides is 1. The average Bonchev–Trinajstić information content (AvgIpc) is 2.38. The second-order valence-electron chi connectivity index (χ2n) is 24.7. The molecule has 6 rings (SSSR count). The molecule has 462 valence electrons. The maximum atomic E-state index is 14.8. The van der Waals surface area contributed by atoms with Crippen molar-refractivity contribution in [2.45, 2.75) is 185 Å². The summed E-state index contributed by atoms with van der Waals surface area (Å²) >= 11 is 0. The first-order valence-electron chi connectivity index (χ1n) is 29.9. The molecule has 3 aliphatic heterocycles. The molecule has 0 saturated carbocycles. The van der Waals surface area contributed by atoms with Crippen molar-refractivity contribution < 1.29 is 73.0 Å². The second kappa shape index (κ2) is 30.2. The molecule has 3 heterocycles. The Morgan fingerprint density at radius 1 is 0.744 bits per heavy atom. The minimum absolute atomic E-state index is 0.0463. The first kappa shape index (κ1) is 67.6. The number of methoxy groups -OCH3 is 1. The van der Waals surface area contributed by atoms with Crippen LogP contribution in [-0.4, -0.2) is 205 Å². The first-order valence-corrected chi connectivity index (χ1v) is 32.1. The Morgan fingerprint density at radius 3 is 1.78 bits per heavy atom. The SMILES string of the molecule is CC[C@H]1OC(=O)[C@H](C)[C@@H](C2C[C@@](C)(OC)[C@@H](O)[C@H](C)O2)[C@H](C)[C@@H](O[C@@H]2O[C@H](C)C[C@H](N(C)C)[C@H]2O)[C@](C)(O)C[C@@H](C)CN(C(=O)CCOCCOCCOCC[PH](c2ccccc2)(c2ccccc2)c2ccccc2)[C@H](C)[C@@H](O)[C@]1(C)O. The molecule has 18 heteroatoms. The van der Waals surface area contributed by atoms with Crippen LogP contribution >= 0.6 is 7.26 Å². The van der Waals surface area contributed by atoms with E-state index in [0.29, 0.717) is 26.2 Å². The summed E-state index contributed by atoms with van der Waals surface area (Å²) in [6.07, 6.45) is -7.40. The van der Waals surface area contributed by atoms with Gasteiger partial charge in [-0.05, 0) is 86.7 Å². The van der Waals surface area contributed by atoms with Crippen LogP contribution in [0.15, 0.2) is 91.0 Å². The predicted molar refractivity (Wildman–Crippen MR) is 320 cm³/mol. The van der Waals surface area contributed by atoms with E-state index < -0.39 is 109 Å². The Balaban J connectivity index is 1.16. The van der Waals surface area contributed by atoms with E-state index in [2.05, 4.69) is 91.0 Å². The number of aliphatic hydroxyl groups is 5. The van der Waals surface area contributed by atoms with Crippen LogP contribution in [-0.2, 0) is 47.5 Å². The van der Waals surface area contributed by atoms with Crippen LogP contribution in [0.5, 0.6) is 0 Å². The molecule has 0 bridgehead atoms. The van der Waals surface area contributed by atoms with E-state index in [-0.39, 0.29) is 70.1 Å². The number of hydrogen-bond acceptors (Lipinski definition) is 16. The molecule has 82 heavy (non-hydrogen) atoms. The van der Waals surface area contributed by atoms with Crippen molar-refractivity contribution in [2.75, 3.05) is 73.6 Å². The van der Waals surface area contributed by atoms with Crippen molar-refractivity contribution in [3.05, 3.63) is 91.0 Å². The van der Waals surface area contributed by atoms with Gasteiger partial charge in [-0.25, -0.2) is 0 Å². The molecule has 3 aliphatic rings. The number of likely N-dealkylation sites (N-methyl/N-ethyl adjacent to an activating group) is 1. The minimum Gasteiger partial charge on any atom is -0.388 e.